The molecule has 0 unspecified atom stereocenters. The first-order valence-corrected chi connectivity index (χ1v) is 6.46. The molecule has 1 aromatic carbocycles. The van der Waals surface area contributed by atoms with Gasteiger partial charge in [0.15, 0.2) is 0 Å². The highest BCUT2D eigenvalue weighted by molar-refractivity contribution is 7.99. The highest BCUT2D eigenvalue weighted by atomic mass is 32.2. The average molecular weight is 219 g/mol. The lowest BCUT2D eigenvalue weighted by Crippen LogP contribution is -2.18. The van der Waals surface area contributed by atoms with Crippen molar-refractivity contribution in [3.63, 3.8) is 0 Å². The van der Waals surface area contributed by atoms with Crippen molar-refractivity contribution in [1.29, 1.82) is 0 Å². The van der Waals surface area contributed by atoms with Crippen molar-refractivity contribution in [3.05, 3.63) is 42.0 Å². The van der Waals surface area contributed by atoms with Crippen LogP contribution in [0.2, 0.25) is 0 Å². The van der Waals surface area contributed by atoms with Crippen LogP contribution in [0.3, 0.4) is 0 Å². The van der Waals surface area contributed by atoms with Crippen LogP contribution in [-0.2, 0) is 6.54 Å². The summed E-state index contributed by atoms with van der Waals surface area (Å²) in [4.78, 5) is 3.81. The smallest absolute Gasteiger partial charge is 0.0240 e. The molecule has 0 aliphatic carbocycles. The van der Waals surface area contributed by atoms with Crippen LogP contribution in [0.15, 0.2) is 41.3 Å². The normalized spacial score (nSPS) is 16.1. The van der Waals surface area contributed by atoms with Crippen molar-refractivity contribution in [1.82, 2.24) is 4.90 Å². The Kier molecular flexibility index (Phi) is 3.87. The van der Waals surface area contributed by atoms with E-state index in [1.807, 2.05) is 11.8 Å². The topological polar surface area (TPSA) is 3.24 Å². The van der Waals surface area contributed by atoms with Crippen LogP contribution in [0.5, 0.6) is 0 Å². The first kappa shape index (κ1) is 10.8. The fraction of sp³-hybridized carbons (Fsp3) is 0.385. The van der Waals surface area contributed by atoms with Crippen molar-refractivity contribution < 1.29 is 0 Å². The predicted octanol–water partition coefficient (Wildman–Crippen LogP) is 3.17. The molecule has 0 atom stereocenters. The fourth-order valence-corrected chi connectivity index (χ4v) is 2.43. The second kappa shape index (κ2) is 5.38. The molecular formula is C13H17NS. The van der Waals surface area contributed by atoms with E-state index in [4.69, 9.17) is 0 Å². The molecule has 0 bridgehead atoms. The standard InChI is InChI=1S/C13H17NS/c1-2-15-13-7-5-12(6-8-13)11-14-9-3-4-10-14/h3-8H,2,9-11H2,1H3. The largest absolute Gasteiger partial charge is 0.292 e. The lowest BCUT2D eigenvalue weighted by atomic mass is 10.2. The number of hydrogen-bond acceptors (Lipinski definition) is 2. The molecule has 15 heavy (non-hydrogen) atoms. The SMILES string of the molecule is CCSc1ccc(CN2CC=CC2)cc1. The Morgan fingerprint density at radius 1 is 1.13 bits per heavy atom. The van der Waals surface area contributed by atoms with E-state index >= 15 is 0 Å². The van der Waals surface area contributed by atoms with Crippen LogP contribution < -0.4 is 0 Å². The van der Waals surface area contributed by atoms with Crippen LogP contribution in [0.25, 0.3) is 0 Å². The molecule has 2 rings (SSSR count). The highest BCUT2D eigenvalue weighted by Gasteiger charge is 2.06. The van der Waals surface area contributed by atoms with Crippen molar-refractivity contribution in [2.75, 3.05) is 18.8 Å². The molecule has 1 heterocycles. The van der Waals surface area contributed by atoms with Crippen LogP contribution >= 0.6 is 11.8 Å². The van der Waals surface area contributed by atoms with E-state index < -0.39 is 0 Å². The minimum Gasteiger partial charge on any atom is -0.292 e. The molecule has 0 fully saturated rings. The minimum atomic E-state index is 1.07. The maximum absolute atomic E-state index is 2.43. The fourth-order valence-electron chi connectivity index (χ4n) is 1.77. The summed E-state index contributed by atoms with van der Waals surface area (Å²) in [6, 6.07) is 8.95. The molecule has 0 N–H and O–H groups in total. The van der Waals surface area contributed by atoms with Gasteiger partial charge in [-0.1, -0.05) is 31.2 Å². The molecule has 0 spiro atoms. The number of rotatable bonds is 4. The van der Waals surface area contributed by atoms with E-state index in [9.17, 15) is 0 Å². The van der Waals surface area contributed by atoms with E-state index in [0.29, 0.717) is 0 Å². The van der Waals surface area contributed by atoms with Crippen molar-refractivity contribution in [2.24, 2.45) is 0 Å². The Morgan fingerprint density at radius 3 is 2.40 bits per heavy atom. The Morgan fingerprint density at radius 2 is 1.80 bits per heavy atom. The van der Waals surface area contributed by atoms with Gasteiger partial charge in [-0.2, -0.15) is 0 Å². The molecule has 0 saturated carbocycles. The van der Waals surface area contributed by atoms with Gasteiger partial charge >= 0.3 is 0 Å². The molecule has 1 aromatic rings. The molecule has 2 heteroatoms. The zero-order valence-electron chi connectivity index (χ0n) is 9.15. The van der Waals surface area contributed by atoms with E-state index in [1.165, 1.54) is 10.5 Å². The average Bonchev–Trinajstić information content (AvgIpc) is 2.74. The highest BCUT2D eigenvalue weighted by Crippen LogP contribution is 2.18. The van der Waals surface area contributed by atoms with E-state index in [2.05, 4.69) is 48.2 Å². The van der Waals surface area contributed by atoms with Crippen LogP contribution in [0, 0.1) is 0 Å². The molecule has 1 nitrogen and oxygen atoms in total. The zero-order chi connectivity index (χ0) is 10.5. The van der Waals surface area contributed by atoms with Gasteiger partial charge in [0.05, 0.1) is 0 Å². The Labute approximate surface area is 96.2 Å². The van der Waals surface area contributed by atoms with E-state index in [1.54, 1.807) is 0 Å². The van der Waals surface area contributed by atoms with E-state index in [0.717, 1.165) is 25.4 Å². The summed E-state index contributed by atoms with van der Waals surface area (Å²) in [5.41, 5.74) is 1.42. The summed E-state index contributed by atoms with van der Waals surface area (Å²) in [6.45, 7) is 5.47. The summed E-state index contributed by atoms with van der Waals surface area (Å²) in [6.07, 6.45) is 4.47. The summed E-state index contributed by atoms with van der Waals surface area (Å²) in [5, 5.41) is 0. The van der Waals surface area contributed by atoms with Crippen LogP contribution in [0.4, 0.5) is 0 Å². The van der Waals surface area contributed by atoms with Gasteiger partial charge in [-0.05, 0) is 23.4 Å². The third kappa shape index (κ3) is 3.11. The zero-order valence-corrected chi connectivity index (χ0v) is 9.96. The first-order chi connectivity index (χ1) is 7.38. The summed E-state index contributed by atoms with van der Waals surface area (Å²) < 4.78 is 0. The lowest BCUT2D eigenvalue weighted by molar-refractivity contribution is 0.345. The maximum Gasteiger partial charge on any atom is 0.0240 e. The molecule has 0 radical (unpaired) electrons. The number of hydrogen-bond donors (Lipinski definition) is 0. The lowest BCUT2D eigenvalue weighted by Gasteiger charge is -2.14. The number of benzene rings is 1. The van der Waals surface area contributed by atoms with Gasteiger partial charge < -0.3 is 0 Å². The summed E-state index contributed by atoms with van der Waals surface area (Å²) in [7, 11) is 0. The molecular weight excluding hydrogens is 202 g/mol. The van der Waals surface area contributed by atoms with E-state index in [-0.39, 0.29) is 0 Å². The van der Waals surface area contributed by atoms with Gasteiger partial charge in [0, 0.05) is 24.5 Å². The maximum atomic E-state index is 2.43. The third-order valence-electron chi connectivity index (χ3n) is 2.53. The van der Waals surface area contributed by atoms with Gasteiger partial charge in [0.1, 0.15) is 0 Å². The minimum absolute atomic E-state index is 1.07. The second-order valence-corrected chi connectivity index (χ2v) is 5.08. The first-order valence-electron chi connectivity index (χ1n) is 5.47. The Bertz CT molecular complexity index is 321. The second-order valence-electron chi connectivity index (χ2n) is 3.74. The Balaban J connectivity index is 1.91. The van der Waals surface area contributed by atoms with Crippen molar-refractivity contribution in [2.45, 2.75) is 18.4 Å². The van der Waals surface area contributed by atoms with Gasteiger partial charge in [-0.3, -0.25) is 4.90 Å². The quantitative estimate of drug-likeness (QED) is 0.565. The number of thioether (sulfide) groups is 1. The molecule has 80 valence electrons. The molecule has 0 saturated heterocycles. The van der Waals surface area contributed by atoms with Crippen LogP contribution in [-0.4, -0.2) is 23.7 Å². The van der Waals surface area contributed by atoms with Crippen molar-refractivity contribution >= 4 is 11.8 Å². The van der Waals surface area contributed by atoms with Crippen molar-refractivity contribution in [3.8, 4) is 0 Å². The van der Waals surface area contributed by atoms with Gasteiger partial charge in [0.25, 0.3) is 0 Å². The Hall–Kier alpha value is -0.730. The monoisotopic (exact) mass is 219 g/mol. The van der Waals surface area contributed by atoms with Gasteiger partial charge in [0.2, 0.25) is 0 Å². The predicted molar refractivity (Wildman–Crippen MR) is 67.3 cm³/mol. The molecule has 0 amide bonds. The third-order valence-corrected chi connectivity index (χ3v) is 3.43. The van der Waals surface area contributed by atoms with Crippen LogP contribution in [0.1, 0.15) is 12.5 Å². The molecule has 0 aromatic heterocycles. The molecule has 1 aliphatic heterocycles. The molecule has 1 aliphatic rings. The number of nitrogens with zero attached hydrogens (tertiary/aromatic N) is 1. The summed E-state index contributed by atoms with van der Waals surface area (Å²) >= 11 is 1.90. The van der Waals surface area contributed by atoms with Gasteiger partial charge in [-0.15, -0.1) is 11.8 Å². The summed E-state index contributed by atoms with van der Waals surface area (Å²) in [5.74, 6) is 1.15. The van der Waals surface area contributed by atoms with Gasteiger partial charge in [-0.25, -0.2) is 0 Å².